The number of benzene rings is 1. The molecule has 3 nitrogen and oxygen atoms in total. The molecule has 1 heterocycles. The van der Waals surface area contributed by atoms with Crippen LogP contribution in [0.1, 0.15) is 38.2 Å². The third-order valence-electron chi connectivity index (χ3n) is 4.04. The molecular weight excluding hydrogens is 224 g/mol. The van der Waals surface area contributed by atoms with E-state index in [0.717, 1.165) is 37.2 Å². The molecule has 0 saturated heterocycles. The largest absolute Gasteiger partial charge is 0.326 e. The van der Waals surface area contributed by atoms with E-state index in [1.165, 1.54) is 0 Å². The number of carbonyl (C=O) groups is 1. The van der Waals surface area contributed by atoms with Gasteiger partial charge in [0, 0.05) is 5.56 Å². The van der Waals surface area contributed by atoms with Crippen LogP contribution in [0.3, 0.4) is 0 Å². The molecule has 0 radical (unpaired) electrons. The van der Waals surface area contributed by atoms with E-state index in [9.17, 15) is 4.79 Å². The number of hydrogen-bond acceptors (Lipinski definition) is 2. The summed E-state index contributed by atoms with van der Waals surface area (Å²) in [4.78, 5) is 16.8. The highest BCUT2D eigenvalue weighted by atomic mass is 16.2. The van der Waals surface area contributed by atoms with Crippen molar-refractivity contribution in [1.82, 2.24) is 5.32 Å². The van der Waals surface area contributed by atoms with Crippen molar-refractivity contribution in [3.63, 3.8) is 0 Å². The van der Waals surface area contributed by atoms with Gasteiger partial charge in [0.05, 0.1) is 0 Å². The topological polar surface area (TPSA) is 41.5 Å². The number of carbonyl (C=O) groups excluding carboxylic acids is 1. The van der Waals surface area contributed by atoms with Crippen LogP contribution < -0.4 is 5.32 Å². The van der Waals surface area contributed by atoms with Crippen molar-refractivity contribution < 1.29 is 4.79 Å². The Labute approximate surface area is 107 Å². The monoisotopic (exact) mass is 242 g/mol. The van der Waals surface area contributed by atoms with Crippen LogP contribution in [0, 0.1) is 5.92 Å². The minimum absolute atomic E-state index is 0.0178. The summed E-state index contributed by atoms with van der Waals surface area (Å²) >= 11 is 0. The van der Waals surface area contributed by atoms with Gasteiger partial charge in [-0.3, -0.25) is 9.79 Å². The van der Waals surface area contributed by atoms with E-state index >= 15 is 0 Å². The molecule has 94 valence electrons. The molecule has 1 aromatic rings. The zero-order valence-corrected chi connectivity index (χ0v) is 10.6. The van der Waals surface area contributed by atoms with E-state index in [2.05, 4.69) is 12.2 Å². The minimum Gasteiger partial charge on any atom is -0.326 e. The normalized spacial score (nSPS) is 31.3. The molecule has 1 spiro atoms. The second-order valence-electron chi connectivity index (χ2n) is 5.49. The number of amides is 1. The molecular formula is C15H18N2O. The van der Waals surface area contributed by atoms with Crippen molar-refractivity contribution in [2.24, 2.45) is 10.9 Å². The number of nitrogens with one attached hydrogen (secondary N) is 1. The van der Waals surface area contributed by atoms with Crippen LogP contribution >= 0.6 is 0 Å². The van der Waals surface area contributed by atoms with Gasteiger partial charge in [-0.15, -0.1) is 0 Å². The van der Waals surface area contributed by atoms with Crippen molar-refractivity contribution in [2.75, 3.05) is 0 Å². The zero-order chi connectivity index (χ0) is 12.6. The Balaban J connectivity index is 1.90. The summed E-state index contributed by atoms with van der Waals surface area (Å²) in [5, 5.41) is 3.10. The molecule has 1 saturated carbocycles. The Morgan fingerprint density at radius 1 is 1.22 bits per heavy atom. The van der Waals surface area contributed by atoms with E-state index in [0.29, 0.717) is 5.71 Å². The van der Waals surface area contributed by atoms with Crippen LogP contribution in [-0.4, -0.2) is 17.3 Å². The molecule has 1 aliphatic carbocycles. The Bertz CT molecular complexity index is 484. The molecule has 0 bridgehead atoms. The van der Waals surface area contributed by atoms with Crippen molar-refractivity contribution in [1.29, 1.82) is 0 Å². The van der Waals surface area contributed by atoms with Crippen molar-refractivity contribution >= 4 is 11.6 Å². The van der Waals surface area contributed by atoms with Crippen molar-refractivity contribution in [3.8, 4) is 0 Å². The second-order valence-corrected chi connectivity index (χ2v) is 5.49. The first-order valence-electron chi connectivity index (χ1n) is 6.66. The molecule has 1 amide bonds. The van der Waals surface area contributed by atoms with E-state index in [1.54, 1.807) is 0 Å². The molecule has 1 aromatic carbocycles. The lowest BCUT2D eigenvalue weighted by Gasteiger charge is -2.33. The van der Waals surface area contributed by atoms with Crippen LogP contribution in [0.25, 0.3) is 0 Å². The summed E-state index contributed by atoms with van der Waals surface area (Å²) in [5.41, 5.74) is 1.21. The summed E-state index contributed by atoms with van der Waals surface area (Å²) < 4.78 is 0. The summed E-state index contributed by atoms with van der Waals surface area (Å²) in [7, 11) is 0. The standard InChI is InChI=1S/C15H18N2O/c1-11-7-9-15(10-8-11)16-13(14(18)17-15)12-5-3-2-4-6-12/h2-6,11H,7-10H2,1H3,(H,17,18). The van der Waals surface area contributed by atoms with E-state index in [4.69, 9.17) is 4.99 Å². The highest BCUT2D eigenvalue weighted by Gasteiger charge is 2.41. The van der Waals surface area contributed by atoms with E-state index < -0.39 is 0 Å². The highest BCUT2D eigenvalue weighted by Crippen LogP contribution is 2.35. The van der Waals surface area contributed by atoms with Gasteiger partial charge in [0.15, 0.2) is 0 Å². The first-order valence-corrected chi connectivity index (χ1v) is 6.66. The molecule has 3 heteroatoms. The highest BCUT2D eigenvalue weighted by molar-refractivity contribution is 6.46. The molecule has 0 unspecified atom stereocenters. The lowest BCUT2D eigenvalue weighted by Crippen LogP contribution is -2.44. The fourth-order valence-electron chi connectivity index (χ4n) is 2.83. The zero-order valence-electron chi connectivity index (χ0n) is 10.6. The summed E-state index contributed by atoms with van der Waals surface area (Å²) in [5.74, 6) is 0.735. The Morgan fingerprint density at radius 3 is 2.56 bits per heavy atom. The Morgan fingerprint density at radius 2 is 1.89 bits per heavy atom. The van der Waals surface area contributed by atoms with Gasteiger partial charge in [0.25, 0.3) is 5.91 Å². The Kier molecular flexibility index (Phi) is 2.69. The number of hydrogen-bond donors (Lipinski definition) is 1. The van der Waals surface area contributed by atoms with Gasteiger partial charge in [-0.25, -0.2) is 0 Å². The van der Waals surface area contributed by atoms with Crippen molar-refractivity contribution in [2.45, 2.75) is 38.3 Å². The van der Waals surface area contributed by atoms with Crippen LogP contribution in [0.2, 0.25) is 0 Å². The molecule has 1 N–H and O–H groups in total. The molecule has 0 aromatic heterocycles. The summed E-state index contributed by atoms with van der Waals surface area (Å²) in [6.07, 6.45) is 4.23. The molecule has 0 atom stereocenters. The van der Waals surface area contributed by atoms with Crippen LogP contribution in [0.5, 0.6) is 0 Å². The van der Waals surface area contributed by atoms with E-state index in [1.807, 2.05) is 30.3 Å². The first-order chi connectivity index (χ1) is 8.69. The maximum Gasteiger partial charge on any atom is 0.272 e. The number of rotatable bonds is 1. The van der Waals surface area contributed by atoms with Gasteiger partial charge < -0.3 is 5.32 Å². The molecule has 1 aliphatic heterocycles. The van der Waals surface area contributed by atoms with Crippen LogP contribution in [-0.2, 0) is 4.79 Å². The minimum atomic E-state index is -0.311. The lowest BCUT2D eigenvalue weighted by atomic mass is 9.83. The van der Waals surface area contributed by atoms with Gasteiger partial charge in [0.1, 0.15) is 11.4 Å². The summed E-state index contributed by atoms with van der Waals surface area (Å²) in [6.45, 7) is 2.27. The van der Waals surface area contributed by atoms with Gasteiger partial charge >= 0.3 is 0 Å². The molecule has 18 heavy (non-hydrogen) atoms. The number of nitrogens with zero attached hydrogens (tertiary/aromatic N) is 1. The third-order valence-corrected chi connectivity index (χ3v) is 4.04. The molecule has 1 fully saturated rings. The SMILES string of the molecule is CC1CCC2(CC1)N=C(c1ccccc1)C(=O)N2. The number of aliphatic imine (C=N–C) groups is 1. The molecule has 3 rings (SSSR count). The predicted molar refractivity (Wildman–Crippen MR) is 71.5 cm³/mol. The fraction of sp³-hybridized carbons (Fsp3) is 0.467. The maximum atomic E-state index is 12.1. The van der Waals surface area contributed by atoms with Crippen molar-refractivity contribution in [3.05, 3.63) is 35.9 Å². The van der Waals surface area contributed by atoms with Gasteiger partial charge in [-0.2, -0.15) is 0 Å². The van der Waals surface area contributed by atoms with E-state index in [-0.39, 0.29) is 11.6 Å². The van der Waals surface area contributed by atoms with Crippen LogP contribution in [0.15, 0.2) is 35.3 Å². The maximum absolute atomic E-state index is 12.1. The first kappa shape index (κ1) is 11.5. The quantitative estimate of drug-likeness (QED) is 0.807. The summed E-state index contributed by atoms with van der Waals surface area (Å²) in [6, 6.07) is 9.74. The average Bonchev–Trinajstić information content (AvgIpc) is 2.72. The second kappa shape index (κ2) is 4.23. The third kappa shape index (κ3) is 1.94. The average molecular weight is 242 g/mol. The Hall–Kier alpha value is -1.64. The predicted octanol–water partition coefficient (Wildman–Crippen LogP) is 2.51. The van der Waals surface area contributed by atoms with Gasteiger partial charge in [-0.05, 0) is 31.6 Å². The fourth-order valence-corrected chi connectivity index (χ4v) is 2.83. The van der Waals surface area contributed by atoms with Gasteiger partial charge in [0.2, 0.25) is 0 Å². The van der Waals surface area contributed by atoms with Gasteiger partial charge in [-0.1, -0.05) is 37.3 Å². The lowest BCUT2D eigenvalue weighted by molar-refractivity contribution is -0.115. The van der Waals surface area contributed by atoms with Crippen LogP contribution in [0.4, 0.5) is 0 Å². The molecule has 2 aliphatic rings. The smallest absolute Gasteiger partial charge is 0.272 e.